The number of nitrogens with one attached hydrogen (secondary N) is 2. The maximum atomic E-state index is 10.6. The summed E-state index contributed by atoms with van der Waals surface area (Å²) in [5.41, 5.74) is 4.93. The maximum Gasteiger partial charge on any atom is 0.248 e. The second-order valence-corrected chi connectivity index (χ2v) is 3.95. The average molecular weight is 257 g/mol. The van der Waals surface area contributed by atoms with Gasteiger partial charge in [0.2, 0.25) is 5.91 Å². The molecule has 0 saturated heterocycles. The summed E-state index contributed by atoms with van der Waals surface area (Å²) >= 11 is 1.40. The lowest BCUT2D eigenvalue weighted by molar-refractivity contribution is -0.125. The molecule has 1 aromatic rings. The molecule has 5 N–H and O–H groups in total. The lowest BCUT2D eigenvalue weighted by Crippen LogP contribution is -2.34. The standard InChI is InChI=1S/C9H15N5O2S/c1-11-6-3-7(14-9(13-6)17-2)12-4-5(15)8(10)16/h3,5,15H,4H2,1-2H3,(H2,10,16)(H2,11,12,13,14). The number of nitrogens with two attached hydrogens (primary N) is 1. The minimum atomic E-state index is -1.24. The Kier molecular flexibility index (Phi) is 4.98. The summed E-state index contributed by atoms with van der Waals surface area (Å²) in [6.45, 7) is 0.0172. The number of carbonyl (C=O) groups is 1. The number of aromatic nitrogens is 2. The van der Waals surface area contributed by atoms with Crippen LogP contribution in [0.2, 0.25) is 0 Å². The van der Waals surface area contributed by atoms with E-state index in [1.807, 2.05) is 6.26 Å². The summed E-state index contributed by atoms with van der Waals surface area (Å²) in [5, 5.41) is 15.5. The van der Waals surface area contributed by atoms with Crippen molar-refractivity contribution in [3.8, 4) is 0 Å². The molecule has 17 heavy (non-hydrogen) atoms. The summed E-state index contributed by atoms with van der Waals surface area (Å²) in [6.07, 6.45) is 0.623. The van der Waals surface area contributed by atoms with Crippen molar-refractivity contribution in [2.75, 3.05) is 30.5 Å². The number of nitrogens with zero attached hydrogens (tertiary/aromatic N) is 2. The van der Waals surface area contributed by atoms with E-state index in [1.54, 1.807) is 13.1 Å². The molecule has 94 valence electrons. The van der Waals surface area contributed by atoms with Gasteiger partial charge >= 0.3 is 0 Å². The van der Waals surface area contributed by atoms with E-state index in [0.29, 0.717) is 16.8 Å². The Bertz CT molecular complexity index is 379. The normalized spacial score (nSPS) is 11.9. The van der Waals surface area contributed by atoms with Crippen LogP contribution in [0.4, 0.5) is 11.6 Å². The zero-order valence-electron chi connectivity index (χ0n) is 9.60. The molecular weight excluding hydrogens is 242 g/mol. The second-order valence-electron chi connectivity index (χ2n) is 3.17. The van der Waals surface area contributed by atoms with Gasteiger partial charge in [0.05, 0.1) is 6.54 Å². The van der Waals surface area contributed by atoms with Crippen LogP contribution >= 0.6 is 11.8 Å². The Hall–Kier alpha value is -1.54. The Morgan fingerprint density at radius 3 is 2.76 bits per heavy atom. The number of carbonyl (C=O) groups excluding carboxylic acids is 1. The van der Waals surface area contributed by atoms with Gasteiger partial charge in [0, 0.05) is 13.1 Å². The van der Waals surface area contributed by atoms with E-state index in [1.165, 1.54) is 11.8 Å². The predicted molar refractivity (Wildman–Crippen MR) is 67.1 cm³/mol. The molecule has 1 atom stereocenters. The fourth-order valence-corrected chi connectivity index (χ4v) is 1.42. The van der Waals surface area contributed by atoms with Gasteiger partial charge in [-0.25, -0.2) is 9.97 Å². The summed E-state index contributed by atoms with van der Waals surface area (Å²) in [6, 6.07) is 1.67. The third-order valence-corrected chi connectivity index (χ3v) is 2.50. The van der Waals surface area contributed by atoms with Crippen molar-refractivity contribution in [1.29, 1.82) is 0 Å². The number of thioether (sulfide) groups is 1. The van der Waals surface area contributed by atoms with Crippen molar-refractivity contribution in [1.82, 2.24) is 9.97 Å². The molecule has 0 aliphatic rings. The lowest BCUT2D eigenvalue weighted by Gasteiger charge is -2.10. The number of aliphatic hydroxyl groups excluding tert-OH is 1. The van der Waals surface area contributed by atoms with E-state index in [-0.39, 0.29) is 6.54 Å². The third-order valence-electron chi connectivity index (χ3n) is 1.95. The van der Waals surface area contributed by atoms with Gasteiger partial charge in [0.15, 0.2) is 5.16 Å². The fraction of sp³-hybridized carbons (Fsp3) is 0.444. The number of primary amides is 1. The minimum Gasteiger partial charge on any atom is -0.381 e. The van der Waals surface area contributed by atoms with Crippen molar-refractivity contribution < 1.29 is 9.90 Å². The molecule has 0 radical (unpaired) electrons. The van der Waals surface area contributed by atoms with Gasteiger partial charge in [0.1, 0.15) is 17.7 Å². The minimum absolute atomic E-state index is 0.0172. The van der Waals surface area contributed by atoms with Crippen LogP contribution < -0.4 is 16.4 Å². The summed E-state index contributed by atoms with van der Waals surface area (Å²) in [4.78, 5) is 19.0. The highest BCUT2D eigenvalue weighted by atomic mass is 32.2. The molecule has 1 rings (SSSR count). The summed E-state index contributed by atoms with van der Waals surface area (Å²) in [5.74, 6) is 0.403. The first-order chi connectivity index (χ1) is 8.06. The van der Waals surface area contributed by atoms with Crippen molar-refractivity contribution in [2.24, 2.45) is 5.73 Å². The van der Waals surface area contributed by atoms with Crippen LogP contribution in [0.5, 0.6) is 0 Å². The highest BCUT2D eigenvalue weighted by Gasteiger charge is 2.11. The molecular formula is C9H15N5O2S. The van der Waals surface area contributed by atoms with Crippen molar-refractivity contribution in [3.05, 3.63) is 6.07 Å². The zero-order valence-corrected chi connectivity index (χ0v) is 10.4. The van der Waals surface area contributed by atoms with Crippen molar-refractivity contribution >= 4 is 29.3 Å². The van der Waals surface area contributed by atoms with E-state index >= 15 is 0 Å². The molecule has 0 aliphatic carbocycles. The van der Waals surface area contributed by atoms with Crippen LogP contribution in [-0.4, -0.2) is 46.9 Å². The molecule has 8 heteroatoms. The van der Waals surface area contributed by atoms with E-state index < -0.39 is 12.0 Å². The molecule has 0 aliphatic heterocycles. The topological polar surface area (TPSA) is 113 Å². The maximum absolute atomic E-state index is 10.6. The van der Waals surface area contributed by atoms with Gasteiger partial charge in [-0.3, -0.25) is 4.79 Å². The highest BCUT2D eigenvalue weighted by Crippen LogP contribution is 2.16. The van der Waals surface area contributed by atoms with Gasteiger partial charge in [-0.05, 0) is 6.26 Å². The van der Waals surface area contributed by atoms with E-state index in [4.69, 9.17) is 5.73 Å². The average Bonchev–Trinajstić information content (AvgIpc) is 2.35. The number of anilines is 2. The number of rotatable bonds is 6. The van der Waals surface area contributed by atoms with Crippen LogP contribution in [0, 0.1) is 0 Å². The van der Waals surface area contributed by atoms with Gasteiger partial charge < -0.3 is 21.5 Å². The second kappa shape index (κ2) is 6.26. The van der Waals surface area contributed by atoms with Gasteiger partial charge in [-0.1, -0.05) is 11.8 Å². The zero-order chi connectivity index (χ0) is 12.8. The molecule has 0 saturated carbocycles. The molecule has 7 nitrogen and oxygen atoms in total. The monoisotopic (exact) mass is 257 g/mol. The van der Waals surface area contributed by atoms with Crippen LogP contribution in [0.3, 0.4) is 0 Å². The molecule has 1 amide bonds. The first-order valence-corrected chi connectivity index (χ1v) is 6.11. The first kappa shape index (κ1) is 13.5. The Morgan fingerprint density at radius 2 is 2.24 bits per heavy atom. The Morgan fingerprint density at radius 1 is 1.59 bits per heavy atom. The van der Waals surface area contributed by atoms with Gasteiger partial charge in [-0.2, -0.15) is 0 Å². The Labute approximate surface area is 103 Å². The largest absolute Gasteiger partial charge is 0.381 e. The molecule has 1 unspecified atom stereocenters. The Balaban J connectivity index is 2.73. The summed E-state index contributed by atoms with van der Waals surface area (Å²) < 4.78 is 0. The number of aliphatic hydroxyl groups is 1. The van der Waals surface area contributed by atoms with Gasteiger partial charge in [0.25, 0.3) is 0 Å². The molecule has 1 heterocycles. The molecule has 0 fully saturated rings. The molecule has 0 aromatic carbocycles. The van der Waals surface area contributed by atoms with E-state index in [2.05, 4.69) is 20.6 Å². The van der Waals surface area contributed by atoms with Crippen LogP contribution in [0.25, 0.3) is 0 Å². The lowest BCUT2D eigenvalue weighted by atomic mass is 10.3. The van der Waals surface area contributed by atoms with E-state index in [9.17, 15) is 9.90 Å². The summed E-state index contributed by atoms with van der Waals surface area (Å²) in [7, 11) is 1.74. The SMILES string of the molecule is CNc1cc(NCC(O)C(N)=O)nc(SC)n1. The third kappa shape index (κ3) is 4.08. The molecule has 1 aromatic heterocycles. The highest BCUT2D eigenvalue weighted by molar-refractivity contribution is 7.98. The predicted octanol–water partition coefficient (Wildman–Crippen LogP) is -0.502. The fourth-order valence-electron chi connectivity index (χ4n) is 1.04. The number of amides is 1. The first-order valence-electron chi connectivity index (χ1n) is 4.89. The molecule has 0 spiro atoms. The number of hydrogen-bond acceptors (Lipinski definition) is 7. The van der Waals surface area contributed by atoms with Crippen LogP contribution in [-0.2, 0) is 4.79 Å². The van der Waals surface area contributed by atoms with Gasteiger partial charge in [-0.15, -0.1) is 0 Å². The van der Waals surface area contributed by atoms with Crippen molar-refractivity contribution in [2.45, 2.75) is 11.3 Å². The molecule has 0 bridgehead atoms. The van der Waals surface area contributed by atoms with Crippen LogP contribution in [0.1, 0.15) is 0 Å². The van der Waals surface area contributed by atoms with E-state index in [0.717, 1.165) is 0 Å². The quantitative estimate of drug-likeness (QED) is 0.401. The van der Waals surface area contributed by atoms with Crippen molar-refractivity contribution in [3.63, 3.8) is 0 Å². The van der Waals surface area contributed by atoms with Crippen LogP contribution in [0.15, 0.2) is 11.2 Å². The smallest absolute Gasteiger partial charge is 0.248 e. The number of hydrogen-bond donors (Lipinski definition) is 4.